The molecule has 0 aromatic heterocycles. The molecule has 246 valence electrons. The highest BCUT2D eigenvalue weighted by Gasteiger charge is 2.30. The lowest BCUT2D eigenvalue weighted by atomic mass is 9.77. The average molecular weight is 611 g/mol. The van der Waals surface area contributed by atoms with Crippen LogP contribution in [0.4, 0.5) is 0 Å². The Morgan fingerprint density at radius 1 is 0.523 bits per heavy atom. The van der Waals surface area contributed by atoms with Crippen LogP contribution in [0.5, 0.6) is 11.5 Å². The van der Waals surface area contributed by atoms with Crippen LogP contribution in [0, 0.1) is 11.8 Å². The Morgan fingerprint density at radius 2 is 0.750 bits per heavy atom. The number of unbranched alkanes of at least 4 members (excludes halogenated alkanes) is 1. The van der Waals surface area contributed by atoms with Gasteiger partial charge in [0.2, 0.25) is 0 Å². The first-order chi connectivity index (χ1) is 19.8. The number of hydrogen-bond donors (Lipinski definition) is 4. The number of carboxylic acid groups (broad SMARTS) is 2. The fourth-order valence-corrected chi connectivity index (χ4v) is 5.89. The number of aromatic hydroxyl groups is 2. The molecule has 0 bridgehead atoms. The molecule has 0 saturated carbocycles. The normalized spacial score (nSPS) is 14.4. The Bertz CT molecular complexity index is 1150. The molecule has 4 N–H and O–H groups in total. The molecule has 0 aliphatic heterocycles. The van der Waals surface area contributed by atoms with Gasteiger partial charge in [-0.2, -0.15) is 0 Å². The molecule has 0 radical (unpaired) electrons. The summed E-state index contributed by atoms with van der Waals surface area (Å²) in [6.45, 7) is 24.5. The summed E-state index contributed by atoms with van der Waals surface area (Å²) < 4.78 is 0. The minimum absolute atomic E-state index is 0.276. The molecule has 0 amide bonds. The molecule has 2 unspecified atom stereocenters. The van der Waals surface area contributed by atoms with E-state index in [1.54, 1.807) is 0 Å². The number of phenols is 2. The molecular formula is C38H58O6. The topological polar surface area (TPSA) is 115 Å². The van der Waals surface area contributed by atoms with E-state index in [9.17, 15) is 30.0 Å². The van der Waals surface area contributed by atoms with Crippen LogP contribution in [0.25, 0.3) is 0 Å². The minimum atomic E-state index is -0.865. The zero-order valence-corrected chi connectivity index (χ0v) is 29.3. The van der Waals surface area contributed by atoms with Crippen molar-refractivity contribution in [3.05, 3.63) is 57.6 Å². The monoisotopic (exact) mass is 610 g/mol. The predicted molar refractivity (Wildman–Crippen MR) is 179 cm³/mol. The molecule has 6 heteroatoms. The van der Waals surface area contributed by atoms with Crippen molar-refractivity contribution < 1.29 is 30.0 Å². The second kappa shape index (κ2) is 13.5. The van der Waals surface area contributed by atoms with Crippen molar-refractivity contribution in [1.29, 1.82) is 0 Å². The molecule has 0 heterocycles. The maximum atomic E-state index is 12.3. The third-order valence-corrected chi connectivity index (χ3v) is 8.59. The first kappa shape index (κ1) is 37.2. The molecule has 2 atom stereocenters. The van der Waals surface area contributed by atoms with E-state index >= 15 is 0 Å². The van der Waals surface area contributed by atoms with Crippen molar-refractivity contribution in [1.82, 2.24) is 0 Å². The first-order valence-electron chi connectivity index (χ1n) is 16.0. The third kappa shape index (κ3) is 9.74. The van der Waals surface area contributed by atoms with E-state index in [-0.39, 0.29) is 33.2 Å². The summed E-state index contributed by atoms with van der Waals surface area (Å²) in [5.74, 6) is -2.39. The number of aliphatic carboxylic acids is 2. The number of carboxylic acids is 2. The fourth-order valence-electron chi connectivity index (χ4n) is 5.89. The molecule has 0 aliphatic rings. The van der Waals surface area contributed by atoms with Crippen LogP contribution in [-0.2, 0) is 44.1 Å². The molecule has 2 rings (SSSR count). The standard InChI is InChI=1S/C38H58O6/c1-35(2,3)27-19-23(20-28(31(27)39)36(4,5)6)17-25(33(41)42)15-13-14-16-26(34(43)44)18-24-21-29(37(7,8)9)32(40)30(22-24)38(10,11)12/h19-22,25-26,39-40H,13-18H2,1-12H3,(H,41,42)(H,43,44). The second-order valence-corrected chi connectivity index (χ2v) is 16.8. The zero-order chi connectivity index (χ0) is 34.0. The van der Waals surface area contributed by atoms with Crippen LogP contribution >= 0.6 is 0 Å². The van der Waals surface area contributed by atoms with E-state index in [0.717, 1.165) is 33.4 Å². The molecule has 2 aromatic carbocycles. The lowest BCUT2D eigenvalue weighted by Gasteiger charge is -2.29. The van der Waals surface area contributed by atoms with E-state index in [1.165, 1.54) is 0 Å². The van der Waals surface area contributed by atoms with Crippen LogP contribution in [0.2, 0.25) is 0 Å². The van der Waals surface area contributed by atoms with Gasteiger partial charge in [-0.25, -0.2) is 0 Å². The van der Waals surface area contributed by atoms with Gasteiger partial charge in [-0.05, 0) is 80.7 Å². The van der Waals surface area contributed by atoms with Crippen molar-refractivity contribution >= 4 is 11.9 Å². The highest BCUT2D eigenvalue weighted by molar-refractivity contribution is 5.71. The van der Waals surface area contributed by atoms with Gasteiger partial charge in [0.25, 0.3) is 0 Å². The molecule has 0 fully saturated rings. The van der Waals surface area contributed by atoms with E-state index in [2.05, 4.69) is 0 Å². The van der Waals surface area contributed by atoms with Gasteiger partial charge in [-0.15, -0.1) is 0 Å². The van der Waals surface area contributed by atoms with Crippen molar-refractivity contribution in [3.63, 3.8) is 0 Å². The van der Waals surface area contributed by atoms with Crippen LogP contribution in [0.3, 0.4) is 0 Å². The zero-order valence-electron chi connectivity index (χ0n) is 29.3. The number of benzene rings is 2. The summed E-state index contributed by atoms with van der Waals surface area (Å²) in [4.78, 5) is 24.6. The van der Waals surface area contributed by atoms with Gasteiger partial charge in [0.1, 0.15) is 11.5 Å². The second-order valence-electron chi connectivity index (χ2n) is 16.8. The van der Waals surface area contributed by atoms with Gasteiger partial charge in [-0.1, -0.05) is 120 Å². The van der Waals surface area contributed by atoms with Crippen LogP contribution in [-0.4, -0.2) is 32.4 Å². The molecule has 44 heavy (non-hydrogen) atoms. The Morgan fingerprint density at radius 3 is 0.932 bits per heavy atom. The van der Waals surface area contributed by atoms with E-state index in [4.69, 9.17) is 0 Å². The lowest BCUT2D eigenvalue weighted by Crippen LogP contribution is -2.21. The smallest absolute Gasteiger partial charge is 0.306 e. The highest BCUT2D eigenvalue weighted by Crippen LogP contribution is 2.42. The van der Waals surface area contributed by atoms with Gasteiger partial charge in [0.05, 0.1) is 11.8 Å². The largest absolute Gasteiger partial charge is 0.507 e. The summed E-state index contributed by atoms with van der Waals surface area (Å²) in [7, 11) is 0. The lowest BCUT2D eigenvalue weighted by molar-refractivity contribution is -0.143. The Labute approximate surface area is 265 Å². The summed E-state index contributed by atoms with van der Waals surface area (Å²) in [5.41, 5.74) is 3.83. The Balaban J connectivity index is 2.22. The summed E-state index contributed by atoms with van der Waals surface area (Å²) in [6.07, 6.45) is 2.80. The van der Waals surface area contributed by atoms with E-state index in [1.807, 2.05) is 107 Å². The van der Waals surface area contributed by atoms with Crippen molar-refractivity contribution in [2.75, 3.05) is 0 Å². The van der Waals surface area contributed by atoms with Crippen LogP contribution in [0.1, 0.15) is 142 Å². The maximum Gasteiger partial charge on any atom is 0.306 e. The van der Waals surface area contributed by atoms with Crippen molar-refractivity contribution in [2.45, 2.75) is 143 Å². The quantitative estimate of drug-likeness (QED) is 0.189. The molecular weight excluding hydrogens is 552 g/mol. The van der Waals surface area contributed by atoms with Gasteiger partial charge in [-0.3, -0.25) is 9.59 Å². The predicted octanol–water partition coefficient (Wildman–Crippen LogP) is 9.04. The fraction of sp³-hybridized carbons (Fsp3) is 0.632. The summed E-state index contributed by atoms with van der Waals surface area (Å²) in [5, 5.41) is 42.3. The molecule has 2 aromatic rings. The Hall–Kier alpha value is -3.02. The first-order valence-corrected chi connectivity index (χ1v) is 16.0. The molecule has 0 spiro atoms. The van der Waals surface area contributed by atoms with Gasteiger partial charge in [0, 0.05) is 0 Å². The molecule has 6 nitrogen and oxygen atoms in total. The van der Waals surface area contributed by atoms with Gasteiger partial charge < -0.3 is 20.4 Å². The SMILES string of the molecule is CC(C)(C)c1cc(CC(CCCCC(Cc2cc(C(C)(C)C)c(O)c(C(C)(C)C)c2)C(=O)O)C(=O)O)cc(C(C)(C)C)c1O. The van der Waals surface area contributed by atoms with Gasteiger partial charge in [0.15, 0.2) is 0 Å². The summed E-state index contributed by atoms with van der Waals surface area (Å²) in [6, 6.07) is 7.76. The van der Waals surface area contributed by atoms with Crippen molar-refractivity contribution in [2.24, 2.45) is 11.8 Å². The Kier molecular flexibility index (Phi) is 11.4. The molecule has 0 saturated heterocycles. The number of rotatable bonds is 11. The third-order valence-electron chi connectivity index (χ3n) is 8.59. The maximum absolute atomic E-state index is 12.3. The summed E-state index contributed by atoms with van der Waals surface area (Å²) >= 11 is 0. The van der Waals surface area contributed by atoms with Crippen LogP contribution in [0.15, 0.2) is 24.3 Å². The minimum Gasteiger partial charge on any atom is -0.507 e. The number of carbonyl (C=O) groups is 2. The van der Waals surface area contributed by atoms with Crippen molar-refractivity contribution in [3.8, 4) is 11.5 Å². The number of hydrogen-bond acceptors (Lipinski definition) is 4. The van der Waals surface area contributed by atoms with Crippen LogP contribution < -0.4 is 0 Å². The van der Waals surface area contributed by atoms with Gasteiger partial charge >= 0.3 is 11.9 Å². The van der Waals surface area contributed by atoms with E-state index < -0.39 is 23.8 Å². The number of phenolic OH excluding ortho intramolecular Hbond substituents is 2. The van der Waals surface area contributed by atoms with E-state index in [0.29, 0.717) is 38.5 Å². The molecule has 0 aliphatic carbocycles. The average Bonchev–Trinajstić information content (AvgIpc) is 2.83. The highest BCUT2D eigenvalue weighted by atomic mass is 16.4.